The van der Waals surface area contributed by atoms with Crippen LogP contribution in [0, 0.1) is 13.8 Å². The molecule has 0 fully saturated rings. The molecular formula is C11H18N2O. The molecule has 0 radical (unpaired) electrons. The van der Waals surface area contributed by atoms with Crippen molar-refractivity contribution in [3.05, 3.63) is 28.8 Å². The molecule has 0 bridgehead atoms. The van der Waals surface area contributed by atoms with Crippen molar-refractivity contribution in [1.82, 2.24) is 0 Å². The molecule has 0 unspecified atom stereocenters. The second-order valence-electron chi connectivity index (χ2n) is 3.69. The minimum atomic E-state index is -0.0991. The Bertz CT molecular complexity index is 300. The van der Waals surface area contributed by atoms with E-state index in [9.17, 15) is 0 Å². The highest BCUT2D eigenvalue weighted by atomic mass is 16.3. The van der Waals surface area contributed by atoms with Crippen LogP contribution in [0.5, 0.6) is 0 Å². The molecule has 1 aromatic carbocycles. The predicted molar refractivity (Wildman–Crippen MR) is 59.0 cm³/mol. The summed E-state index contributed by atoms with van der Waals surface area (Å²) in [5.41, 5.74) is 15.7. The lowest BCUT2D eigenvalue weighted by Crippen LogP contribution is -2.12. The number of aryl methyl sites for hydroxylation is 2. The van der Waals surface area contributed by atoms with Gasteiger partial charge in [0.2, 0.25) is 0 Å². The molecule has 5 N–H and O–H groups in total. The minimum Gasteiger partial charge on any atom is -0.398 e. The maximum atomic E-state index is 8.79. The third-order valence-electron chi connectivity index (χ3n) is 2.48. The van der Waals surface area contributed by atoms with Crippen molar-refractivity contribution in [3.8, 4) is 0 Å². The van der Waals surface area contributed by atoms with Crippen LogP contribution in [0.25, 0.3) is 0 Å². The van der Waals surface area contributed by atoms with Crippen molar-refractivity contribution < 1.29 is 5.11 Å². The van der Waals surface area contributed by atoms with Crippen molar-refractivity contribution in [2.75, 3.05) is 12.3 Å². The molecule has 1 rings (SSSR count). The fourth-order valence-electron chi connectivity index (χ4n) is 1.53. The smallest absolute Gasteiger partial charge is 0.0449 e. The van der Waals surface area contributed by atoms with E-state index in [0.717, 1.165) is 22.4 Å². The summed E-state index contributed by atoms with van der Waals surface area (Å²) in [4.78, 5) is 0. The SMILES string of the molecule is Cc1cc([C@H](N)CCO)cc(C)c1N. The zero-order chi connectivity index (χ0) is 10.7. The van der Waals surface area contributed by atoms with Gasteiger partial charge in [-0.1, -0.05) is 12.1 Å². The number of nitrogen functional groups attached to an aromatic ring is 1. The highest BCUT2D eigenvalue weighted by Gasteiger charge is 2.08. The molecule has 0 aliphatic rings. The summed E-state index contributed by atoms with van der Waals surface area (Å²) >= 11 is 0. The van der Waals surface area contributed by atoms with E-state index < -0.39 is 0 Å². The maximum absolute atomic E-state index is 8.79. The van der Waals surface area contributed by atoms with Crippen LogP contribution in [0.1, 0.15) is 29.2 Å². The van der Waals surface area contributed by atoms with Crippen LogP contribution < -0.4 is 11.5 Å². The normalized spacial score (nSPS) is 12.9. The summed E-state index contributed by atoms with van der Waals surface area (Å²) in [6, 6.07) is 3.88. The molecule has 0 aromatic heterocycles. The lowest BCUT2D eigenvalue weighted by molar-refractivity contribution is 0.276. The van der Waals surface area contributed by atoms with E-state index in [1.807, 2.05) is 26.0 Å². The Labute approximate surface area is 84.7 Å². The number of aliphatic hydroxyl groups is 1. The summed E-state index contributed by atoms with van der Waals surface area (Å²) in [6.07, 6.45) is 0.586. The highest BCUT2D eigenvalue weighted by molar-refractivity contribution is 5.54. The van der Waals surface area contributed by atoms with Crippen molar-refractivity contribution in [2.24, 2.45) is 5.73 Å². The fraction of sp³-hybridized carbons (Fsp3) is 0.455. The zero-order valence-electron chi connectivity index (χ0n) is 8.75. The van der Waals surface area contributed by atoms with Gasteiger partial charge in [0.25, 0.3) is 0 Å². The van der Waals surface area contributed by atoms with Gasteiger partial charge < -0.3 is 16.6 Å². The van der Waals surface area contributed by atoms with E-state index in [4.69, 9.17) is 16.6 Å². The number of anilines is 1. The topological polar surface area (TPSA) is 72.3 Å². The van der Waals surface area contributed by atoms with Crippen molar-refractivity contribution in [3.63, 3.8) is 0 Å². The number of hydrogen-bond donors (Lipinski definition) is 3. The summed E-state index contributed by atoms with van der Waals surface area (Å²) in [5.74, 6) is 0. The molecule has 1 atom stereocenters. The summed E-state index contributed by atoms with van der Waals surface area (Å²) < 4.78 is 0. The molecule has 0 saturated carbocycles. The van der Waals surface area contributed by atoms with E-state index in [-0.39, 0.29) is 12.6 Å². The van der Waals surface area contributed by atoms with Gasteiger partial charge in [-0.15, -0.1) is 0 Å². The van der Waals surface area contributed by atoms with Crippen molar-refractivity contribution in [1.29, 1.82) is 0 Å². The predicted octanol–water partition coefficient (Wildman–Crippen LogP) is 1.27. The van der Waals surface area contributed by atoms with Gasteiger partial charge in [0.1, 0.15) is 0 Å². The van der Waals surface area contributed by atoms with E-state index in [1.165, 1.54) is 0 Å². The van der Waals surface area contributed by atoms with Gasteiger partial charge in [-0.05, 0) is 37.0 Å². The first kappa shape index (κ1) is 11.0. The third-order valence-corrected chi connectivity index (χ3v) is 2.48. The van der Waals surface area contributed by atoms with Crippen LogP contribution in [0.15, 0.2) is 12.1 Å². The zero-order valence-corrected chi connectivity index (χ0v) is 8.75. The van der Waals surface area contributed by atoms with E-state index in [2.05, 4.69) is 0 Å². The molecule has 14 heavy (non-hydrogen) atoms. The molecule has 0 saturated heterocycles. The van der Waals surface area contributed by atoms with Crippen LogP contribution >= 0.6 is 0 Å². The fourth-order valence-corrected chi connectivity index (χ4v) is 1.53. The molecule has 78 valence electrons. The highest BCUT2D eigenvalue weighted by Crippen LogP contribution is 2.23. The molecule has 1 aromatic rings. The van der Waals surface area contributed by atoms with Crippen molar-refractivity contribution >= 4 is 5.69 Å². The van der Waals surface area contributed by atoms with Gasteiger partial charge in [-0.2, -0.15) is 0 Å². The Morgan fingerprint density at radius 1 is 1.29 bits per heavy atom. The number of benzene rings is 1. The summed E-state index contributed by atoms with van der Waals surface area (Å²) in [6.45, 7) is 4.05. The van der Waals surface area contributed by atoms with Gasteiger partial charge in [0.15, 0.2) is 0 Å². The molecule has 3 heteroatoms. The van der Waals surface area contributed by atoms with E-state index >= 15 is 0 Å². The van der Waals surface area contributed by atoms with Gasteiger partial charge in [-0.25, -0.2) is 0 Å². The average molecular weight is 194 g/mol. The Morgan fingerprint density at radius 3 is 2.21 bits per heavy atom. The third kappa shape index (κ3) is 2.25. The first-order valence-electron chi connectivity index (χ1n) is 4.79. The second-order valence-corrected chi connectivity index (χ2v) is 3.69. The number of aliphatic hydroxyl groups excluding tert-OH is 1. The average Bonchev–Trinajstić information content (AvgIpc) is 2.13. The Kier molecular flexibility index (Phi) is 3.49. The van der Waals surface area contributed by atoms with Gasteiger partial charge in [0, 0.05) is 18.3 Å². The molecule has 0 heterocycles. The Hall–Kier alpha value is -1.06. The van der Waals surface area contributed by atoms with Crippen LogP contribution in [0.2, 0.25) is 0 Å². The van der Waals surface area contributed by atoms with Gasteiger partial charge in [-0.3, -0.25) is 0 Å². The minimum absolute atomic E-state index is 0.0991. The largest absolute Gasteiger partial charge is 0.398 e. The quantitative estimate of drug-likeness (QED) is 0.634. The number of rotatable bonds is 3. The number of nitrogens with two attached hydrogens (primary N) is 2. The monoisotopic (exact) mass is 194 g/mol. The van der Waals surface area contributed by atoms with Crippen LogP contribution in [-0.2, 0) is 0 Å². The van der Waals surface area contributed by atoms with Crippen molar-refractivity contribution in [2.45, 2.75) is 26.3 Å². The van der Waals surface area contributed by atoms with E-state index in [0.29, 0.717) is 6.42 Å². The van der Waals surface area contributed by atoms with Gasteiger partial charge in [0.05, 0.1) is 0 Å². The number of hydrogen-bond acceptors (Lipinski definition) is 3. The molecule has 3 nitrogen and oxygen atoms in total. The molecule has 0 spiro atoms. The molecule has 0 aliphatic carbocycles. The van der Waals surface area contributed by atoms with Crippen LogP contribution in [0.4, 0.5) is 5.69 Å². The van der Waals surface area contributed by atoms with Crippen LogP contribution in [-0.4, -0.2) is 11.7 Å². The maximum Gasteiger partial charge on any atom is 0.0449 e. The Morgan fingerprint density at radius 2 is 1.79 bits per heavy atom. The first-order valence-corrected chi connectivity index (χ1v) is 4.79. The van der Waals surface area contributed by atoms with Crippen LogP contribution in [0.3, 0.4) is 0 Å². The molecular weight excluding hydrogens is 176 g/mol. The summed E-state index contributed by atoms with van der Waals surface area (Å²) in [5, 5.41) is 8.79. The summed E-state index contributed by atoms with van der Waals surface area (Å²) in [7, 11) is 0. The standard InChI is InChI=1S/C11H18N2O/c1-7-5-9(10(12)3-4-14)6-8(2)11(7)13/h5-6,10,14H,3-4,12-13H2,1-2H3/t10-/m1/s1. The molecule has 0 amide bonds. The van der Waals surface area contributed by atoms with E-state index in [1.54, 1.807) is 0 Å². The molecule has 0 aliphatic heterocycles. The second kappa shape index (κ2) is 4.44. The van der Waals surface area contributed by atoms with Gasteiger partial charge >= 0.3 is 0 Å². The lowest BCUT2D eigenvalue weighted by atomic mass is 9.98. The first-order chi connectivity index (χ1) is 6.56. The lowest BCUT2D eigenvalue weighted by Gasteiger charge is -2.14. The Balaban J connectivity index is 3.00.